The van der Waals surface area contributed by atoms with Gasteiger partial charge in [-0.3, -0.25) is 0 Å². The van der Waals surface area contributed by atoms with E-state index in [0.29, 0.717) is 12.1 Å². The van der Waals surface area contributed by atoms with Crippen LogP contribution in [0.25, 0.3) is 17.0 Å². The summed E-state index contributed by atoms with van der Waals surface area (Å²) in [6.45, 7) is 0.416. The van der Waals surface area contributed by atoms with Crippen LogP contribution in [0.15, 0.2) is 94.9 Å². The Morgan fingerprint density at radius 3 is 2.47 bits per heavy atom. The van der Waals surface area contributed by atoms with Crippen LogP contribution < -0.4 is 0 Å². The fraction of sp³-hybridized carbons (Fsp3) is 0.0417. The van der Waals surface area contributed by atoms with E-state index < -0.39 is 9.84 Å². The molecular formula is C24H17FN2O2S. The summed E-state index contributed by atoms with van der Waals surface area (Å²) in [7, 11) is -3.93. The van der Waals surface area contributed by atoms with Crippen molar-refractivity contribution >= 4 is 26.8 Å². The Morgan fingerprint density at radius 1 is 1.00 bits per heavy atom. The van der Waals surface area contributed by atoms with Gasteiger partial charge in [-0.15, -0.1) is 0 Å². The van der Waals surface area contributed by atoms with Crippen LogP contribution in [-0.4, -0.2) is 13.0 Å². The zero-order valence-electron chi connectivity index (χ0n) is 15.9. The first-order valence-electron chi connectivity index (χ1n) is 9.23. The number of aromatic nitrogens is 1. The van der Waals surface area contributed by atoms with E-state index in [4.69, 9.17) is 0 Å². The number of benzene rings is 3. The summed E-state index contributed by atoms with van der Waals surface area (Å²) in [5, 5.41) is 10.4. The number of halogens is 1. The summed E-state index contributed by atoms with van der Waals surface area (Å²) < 4.78 is 41.3. The van der Waals surface area contributed by atoms with Crippen LogP contribution in [0.3, 0.4) is 0 Å². The minimum absolute atomic E-state index is 0.0706. The van der Waals surface area contributed by atoms with Crippen LogP contribution in [-0.2, 0) is 16.4 Å². The molecule has 0 aliphatic rings. The van der Waals surface area contributed by atoms with Crippen LogP contribution in [0.2, 0.25) is 0 Å². The number of rotatable bonds is 5. The Morgan fingerprint density at radius 2 is 1.73 bits per heavy atom. The first-order valence-corrected chi connectivity index (χ1v) is 10.7. The highest BCUT2D eigenvalue weighted by molar-refractivity contribution is 7.95. The van der Waals surface area contributed by atoms with Gasteiger partial charge in [0.2, 0.25) is 9.84 Å². The second-order valence-electron chi connectivity index (χ2n) is 6.80. The molecule has 1 heterocycles. The molecule has 0 fully saturated rings. The van der Waals surface area contributed by atoms with Crippen LogP contribution >= 0.6 is 0 Å². The molecule has 148 valence electrons. The maximum Gasteiger partial charge on any atom is 0.216 e. The Bertz CT molecular complexity index is 1400. The van der Waals surface area contributed by atoms with E-state index in [0.717, 1.165) is 16.5 Å². The SMILES string of the molecule is N#CC(=Cc1cn(Cc2cccc(F)c2)c2ccccc12)S(=O)(=O)c1ccccc1. The summed E-state index contributed by atoms with van der Waals surface area (Å²) in [6.07, 6.45) is 3.18. The molecule has 0 amide bonds. The first-order chi connectivity index (χ1) is 14.5. The summed E-state index contributed by atoms with van der Waals surface area (Å²) in [5.41, 5.74) is 2.25. The third kappa shape index (κ3) is 3.76. The van der Waals surface area contributed by atoms with E-state index in [1.807, 2.05) is 41.0 Å². The molecule has 0 saturated heterocycles. The van der Waals surface area contributed by atoms with Crippen molar-refractivity contribution in [2.24, 2.45) is 0 Å². The Balaban J connectivity index is 1.82. The molecule has 0 N–H and O–H groups in total. The number of allylic oxidation sites excluding steroid dienone is 1. The number of para-hydroxylation sites is 1. The Kier molecular flexibility index (Phi) is 5.21. The number of nitriles is 1. The predicted octanol–water partition coefficient (Wildman–Crippen LogP) is 5.17. The van der Waals surface area contributed by atoms with Gasteiger partial charge >= 0.3 is 0 Å². The molecule has 0 radical (unpaired) electrons. The number of fused-ring (bicyclic) bond motifs is 1. The number of nitrogens with zero attached hydrogens (tertiary/aromatic N) is 2. The number of hydrogen-bond acceptors (Lipinski definition) is 3. The molecule has 1 aromatic heterocycles. The van der Waals surface area contributed by atoms with Crippen LogP contribution in [0.4, 0.5) is 4.39 Å². The number of hydrogen-bond donors (Lipinski definition) is 0. The van der Waals surface area contributed by atoms with E-state index in [1.54, 1.807) is 30.5 Å². The second-order valence-corrected chi connectivity index (χ2v) is 8.71. The maximum atomic E-state index is 13.6. The standard InChI is InChI=1S/C24H17FN2O2S/c25-20-8-6-7-18(13-20)16-27-17-19(23-11-4-5-12-24(23)27)14-22(15-26)30(28,29)21-9-2-1-3-10-21/h1-14,17H,16H2. The lowest BCUT2D eigenvalue weighted by molar-refractivity contribution is 0.603. The van der Waals surface area contributed by atoms with Gasteiger partial charge in [0.05, 0.1) is 4.90 Å². The average Bonchev–Trinajstić information content (AvgIpc) is 3.10. The van der Waals surface area contributed by atoms with Crippen molar-refractivity contribution in [1.82, 2.24) is 4.57 Å². The monoisotopic (exact) mass is 416 g/mol. The van der Waals surface area contributed by atoms with Crippen LogP contribution in [0, 0.1) is 17.1 Å². The topological polar surface area (TPSA) is 62.9 Å². The third-order valence-electron chi connectivity index (χ3n) is 4.80. The molecule has 0 atom stereocenters. The van der Waals surface area contributed by atoms with Crippen molar-refractivity contribution < 1.29 is 12.8 Å². The van der Waals surface area contributed by atoms with Crippen LogP contribution in [0.5, 0.6) is 0 Å². The van der Waals surface area contributed by atoms with Gasteiger partial charge in [0.15, 0.2) is 0 Å². The van der Waals surface area contributed by atoms with E-state index in [-0.39, 0.29) is 15.6 Å². The Hall–Kier alpha value is -3.69. The fourth-order valence-electron chi connectivity index (χ4n) is 3.39. The van der Waals surface area contributed by atoms with E-state index in [2.05, 4.69) is 0 Å². The zero-order valence-corrected chi connectivity index (χ0v) is 16.7. The summed E-state index contributed by atoms with van der Waals surface area (Å²) in [5.74, 6) is -0.315. The zero-order chi connectivity index (χ0) is 21.1. The first kappa shape index (κ1) is 19.6. The van der Waals surface area contributed by atoms with Gasteiger partial charge < -0.3 is 4.57 Å². The van der Waals surface area contributed by atoms with Crippen molar-refractivity contribution in [2.45, 2.75) is 11.4 Å². The van der Waals surface area contributed by atoms with Gasteiger partial charge in [-0.25, -0.2) is 12.8 Å². The molecule has 4 rings (SSSR count). The van der Waals surface area contributed by atoms with Gasteiger partial charge in [0.1, 0.15) is 16.8 Å². The number of sulfone groups is 1. The van der Waals surface area contributed by atoms with Crippen LogP contribution in [0.1, 0.15) is 11.1 Å². The van der Waals surface area contributed by atoms with E-state index >= 15 is 0 Å². The molecule has 0 bridgehead atoms. The largest absolute Gasteiger partial charge is 0.342 e. The van der Waals surface area contributed by atoms with Gasteiger partial charge in [0, 0.05) is 29.2 Å². The molecule has 3 aromatic carbocycles. The quantitative estimate of drug-likeness (QED) is 0.422. The lowest BCUT2D eigenvalue weighted by Crippen LogP contribution is -2.03. The van der Waals surface area contributed by atoms with Gasteiger partial charge in [-0.05, 0) is 42.0 Å². The molecule has 0 aliphatic carbocycles. The van der Waals surface area contributed by atoms with E-state index in [9.17, 15) is 18.1 Å². The minimum atomic E-state index is -3.93. The molecular weight excluding hydrogens is 399 g/mol. The third-order valence-corrected chi connectivity index (χ3v) is 6.48. The molecule has 0 spiro atoms. The van der Waals surface area contributed by atoms with Gasteiger partial charge in [-0.2, -0.15) is 5.26 Å². The smallest absolute Gasteiger partial charge is 0.216 e. The van der Waals surface area contributed by atoms with Crippen molar-refractivity contribution in [1.29, 1.82) is 5.26 Å². The van der Waals surface area contributed by atoms with E-state index in [1.165, 1.54) is 30.3 Å². The predicted molar refractivity (Wildman–Crippen MR) is 115 cm³/mol. The average molecular weight is 416 g/mol. The second kappa shape index (κ2) is 7.97. The van der Waals surface area contributed by atoms with Crippen molar-refractivity contribution in [3.05, 3.63) is 107 Å². The normalized spacial score (nSPS) is 12.1. The fourth-order valence-corrected chi connectivity index (χ4v) is 4.56. The highest BCUT2D eigenvalue weighted by Gasteiger charge is 2.21. The summed E-state index contributed by atoms with van der Waals surface area (Å²) in [4.78, 5) is -0.261. The molecule has 4 nitrogen and oxygen atoms in total. The van der Waals surface area contributed by atoms with Crippen molar-refractivity contribution in [3.63, 3.8) is 0 Å². The van der Waals surface area contributed by atoms with Crippen molar-refractivity contribution in [2.75, 3.05) is 0 Å². The van der Waals surface area contributed by atoms with Gasteiger partial charge in [-0.1, -0.05) is 48.5 Å². The summed E-state index contributed by atoms with van der Waals surface area (Å²) in [6, 6.07) is 23.6. The molecule has 0 saturated carbocycles. The molecule has 4 aromatic rings. The lowest BCUT2D eigenvalue weighted by atomic mass is 10.1. The minimum Gasteiger partial charge on any atom is -0.342 e. The molecule has 0 unspecified atom stereocenters. The summed E-state index contributed by atoms with van der Waals surface area (Å²) >= 11 is 0. The van der Waals surface area contributed by atoms with Gasteiger partial charge in [0.25, 0.3) is 0 Å². The lowest BCUT2D eigenvalue weighted by Gasteiger charge is -2.05. The Labute approximate surface area is 174 Å². The molecule has 30 heavy (non-hydrogen) atoms. The highest BCUT2D eigenvalue weighted by Crippen LogP contribution is 2.27. The highest BCUT2D eigenvalue weighted by atomic mass is 32.2. The molecule has 6 heteroatoms. The van der Waals surface area contributed by atoms with Crippen molar-refractivity contribution in [3.8, 4) is 6.07 Å². The molecule has 0 aliphatic heterocycles. The maximum absolute atomic E-state index is 13.6.